The standard InChI is InChI=1S/C23H27FN6O/c1-29-12-19(10-25-29)17-6-7-21-18(8-17)9-22(28-27-21)26-23(31)16-4-2-15(3-5-16)11-30-13-20(24)14-30/h6-10,12,15-16,20H,2-5,11,13-14H2,1H3,(H,26,28,31)/t15-,16-. The van der Waals surface area contributed by atoms with E-state index in [1.807, 2.05) is 43.7 Å². The number of benzene rings is 1. The molecule has 1 N–H and O–H groups in total. The number of nitrogens with one attached hydrogen (secondary N) is 1. The number of anilines is 1. The van der Waals surface area contributed by atoms with Gasteiger partial charge in [0.25, 0.3) is 0 Å². The third-order valence-electron chi connectivity index (χ3n) is 6.52. The lowest BCUT2D eigenvalue weighted by molar-refractivity contribution is -0.121. The number of aromatic nitrogens is 4. The van der Waals surface area contributed by atoms with Crippen molar-refractivity contribution in [3.63, 3.8) is 0 Å². The Morgan fingerprint density at radius 1 is 1.13 bits per heavy atom. The molecule has 7 nitrogen and oxygen atoms in total. The zero-order valence-corrected chi connectivity index (χ0v) is 17.7. The molecule has 2 aliphatic rings. The number of carbonyl (C=O) groups is 1. The van der Waals surface area contributed by atoms with Gasteiger partial charge in [0.15, 0.2) is 5.82 Å². The lowest BCUT2D eigenvalue weighted by Crippen LogP contribution is -2.50. The van der Waals surface area contributed by atoms with Crippen molar-refractivity contribution < 1.29 is 9.18 Å². The topological polar surface area (TPSA) is 75.9 Å². The Kier molecular flexibility index (Phi) is 5.40. The summed E-state index contributed by atoms with van der Waals surface area (Å²) in [7, 11) is 1.89. The van der Waals surface area contributed by atoms with Crippen molar-refractivity contribution in [2.45, 2.75) is 31.9 Å². The number of nitrogens with zero attached hydrogens (tertiary/aromatic N) is 5. The van der Waals surface area contributed by atoms with E-state index in [0.717, 1.165) is 54.3 Å². The molecular formula is C23H27FN6O. The average molecular weight is 423 g/mol. The van der Waals surface area contributed by atoms with Crippen molar-refractivity contribution in [3.8, 4) is 11.1 Å². The lowest BCUT2D eigenvalue weighted by Gasteiger charge is -2.38. The minimum Gasteiger partial charge on any atom is -0.309 e. The number of hydrogen-bond donors (Lipinski definition) is 1. The maximum absolute atomic E-state index is 13.0. The van der Waals surface area contributed by atoms with Crippen LogP contribution in [0.4, 0.5) is 10.2 Å². The molecule has 0 radical (unpaired) electrons. The highest BCUT2D eigenvalue weighted by molar-refractivity contribution is 5.94. The van der Waals surface area contributed by atoms with Crippen LogP contribution in [-0.4, -0.2) is 56.6 Å². The summed E-state index contributed by atoms with van der Waals surface area (Å²) >= 11 is 0. The number of carbonyl (C=O) groups excluding carboxylic acids is 1. The van der Waals surface area contributed by atoms with Crippen LogP contribution < -0.4 is 5.32 Å². The number of halogens is 1. The summed E-state index contributed by atoms with van der Waals surface area (Å²) in [6.45, 7) is 2.11. The van der Waals surface area contributed by atoms with Crippen LogP contribution in [0.2, 0.25) is 0 Å². The van der Waals surface area contributed by atoms with Crippen LogP contribution >= 0.6 is 0 Å². The molecule has 5 rings (SSSR count). The predicted molar refractivity (Wildman–Crippen MR) is 117 cm³/mol. The lowest BCUT2D eigenvalue weighted by atomic mass is 9.81. The van der Waals surface area contributed by atoms with E-state index in [1.54, 1.807) is 4.68 Å². The zero-order valence-electron chi connectivity index (χ0n) is 17.7. The quantitative estimate of drug-likeness (QED) is 0.682. The smallest absolute Gasteiger partial charge is 0.228 e. The largest absolute Gasteiger partial charge is 0.309 e. The van der Waals surface area contributed by atoms with Crippen LogP contribution in [0.5, 0.6) is 0 Å². The first-order valence-corrected chi connectivity index (χ1v) is 11.0. The first-order chi connectivity index (χ1) is 15.0. The summed E-state index contributed by atoms with van der Waals surface area (Å²) in [5.74, 6) is 1.07. The maximum atomic E-state index is 13.0. The molecule has 0 atom stereocenters. The fourth-order valence-corrected chi connectivity index (χ4v) is 4.71. The molecule has 0 bridgehead atoms. The third kappa shape index (κ3) is 4.44. The van der Waals surface area contributed by atoms with Crippen LogP contribution in [-0.2, 0) is 11.8 Å². The Hall–Kier alpha value is -2.87. The van der Waals surface area contributed by atoms with Crippen LogP contribution in [0, 0.1) is 11.8 Å². The van der Waals surface area contributed by atoms with Crippen molar-refractivity contribution in [1.82, 2.24) is 24.9 Å². The molecule has 1 saturated heterocycles. The summed E-state index contributed by atoms with van der Waals surface area (Å²) < 4.78 is 14.8. The average Bonchev–Trinajstić information content (AvgIpc) is 3.19. The van der Waals surface area contributed by atoms with Gasteiger partial charge in [-0.15, -0.1) is 10.2 Å². The summed E-state index contributed by atoms with van der Waals surface area (Å²) in [5.41, 5.74) is 2.86. The summed E-state index contributed by atoms with van der Waals surface area (Å²) in [5, 5.41) is 16.6. The minimum atomic E-state index is -0.648. The monoisotopic (exact) mass is 422 g/mol. The molecule has 1 aromatic carbocycles. The molecule has 8 heteroatoms. The molecule has 31 heavy (non-hydrogen) atoms. The summed E-state index contributed by atoms with van der Waals surface area (Å²) in [6.07, 6.45) is 6.92. The molecule has 0 spiro atoms. The van der Waals surface area contributed by atoms with Gasteiger partial charge in [0, 0.05) is 49.7 Å². The van der Waals surface area contributed by atoms with Crippen LogP contribution in [0.3, 0.4) is 0 Å². The van der Waals surface area contributed by atoms with E-state index < -0.39 is 6.17 Å². The van der Waals surface area contributed by atoms with Crippen LogP contribution in [0.1, 0.15) is 25.7 Å². The van der Waals surface area contributed by atoms with E-state index in [9.17, 15) is 9.18 Å². The molecule has 162 valence electrons. The fraction of sp³-hybridized carbons (Fsp3) is 0.478. The molecule has 1 saturated carbocycles. The number of likely N-dealkylation sites (tertiary alicyclic amines) is 1. The van der Waals surface area contributed by atoms with Gasteiger partial charge in [0.05, 0.1) is 11.7 Å². The van der Waals surface area contributed by atoms with Crippen molar-refractivity contribution in [3.05, 3.63) is 36.7 Å². The van der Waals surface area contributed by atoms with Crippen molar-refractivity contribution >= 4 is 22.6 Å². The van der Waals surface area contributed by atoms with E-state index >= 15 is 0 Å². The second-order valence-corrected chi connectivity index (χ2v) is 8.93. The SMILES string of the molecule is Cn1cc(-c2ccc3nnc(NC(=O)[C@H]4CC[C@H](CN5CC(F)C5)CC4)cc3c2)cn1. The van der Waals surface area contributed by atoms with E-state index in [-0.39, 0.29) is 11.8 Å². The van der Waals surface area contributed by atoms with Gasteiger partial charge in [-0.2, -0.15) is 5.10 Å². The molecular weight excluding hydrogens is 395 g/mol. The molecule has 0 unspecified atom stereocenters. The number of alkyl halides is 1. The van der Waals surface area contributed by atoms with Gasteiger partial charge < -0.3 is 5.32 Å². The molecule has 3 heterocycles. The summed E-state index contributed by atoms with van der Waals surface area (Å²) in [4.78, 5) is 15.0. The highest BCUT2D eigenvalue weighted by Crippen LogP contribution is 2.31. The molecule has 2 fully saturated rings. The number of fused-ring (bicyclic) bond motifs is 1. The Balaban J connectivity index is 1.21. The van der Waals surface area contributed by atoms with Gasteiger partial charge in [0.1, 0.15) is 6.17 Å². The molecule has 3 aromatic rings. The van der Waals surface area contributed by atoms with E-state index in [4.69, 9.17) is 0 Å². The number of aryl methyl sites for hydroxylation is 1. The van der Waals surface area contributed by atoms with Crippen molar-refractivity contribution in [2.75, 3.05) is 25.0 Å². The van der Waals surface area contributed by atoms with Gasteiger partial charge >= 0.3 is 0 Å². The van der Waals surface area contributed by atoms with E-state index in [1.165, 1.54) is 0 Å². The fourth-order valence-electron chi connectivity index (χ4n) is 4.71. The van der Waals surface area contributed by atoms with Gasteiger partial charge in [-0.05, 0) is 55.4 Å². The Morgan fingerprint density at radius 3 is 2.65 bits per heavy atom. The second kappa shape index (κ2) is 8.34. The maximum Gasteiger partial charge on any atom is 0.228 e. The van der Waals surface area contributed by atoms with Crippen molar-refractivity contribution in [1.29, 1.82) is 0 Å². The molecule has 1 aliphatic carbocycles. The first-order valence-electron chi connectivity index (χ1n) is 11.0. The number of hydrogen-bond acceptors (Lipinski definition) is 5. The first kappa shape index (κ1) is 20.1. The normalized spacial score (nSPS) is 22.4. The Bertz CT molecular complexity index is 1080. The second-order valence-electron chi connectivity index (χ2n) is 8.93. The highest BCUT2D eigenvalue weighted by Gasteiger charge is 2.31. The van der Waals surface area contributed by atoms with Gasteiger partial charge in [-0.1, -0.05) is 6.07 Å². The molecule has 2 aromatic heterocycles. The van der Waals surface area contributed by atoms with Crippen LogP contribution in [0.15, 0.2) is 36.7 Å². The molecule has 1 amide bonds. The Morgan fingerprint density at radius 2 is 1.94 bits per heavy atom. The number of rotatable bonds is 5. The van der Waals surface area contributed by atoms with E-state index in [0.29, 0.717) is 24.8 Å². The summed E-state index contributed by atoms with van der Waals surface area (Å²) in [6, 6.07) is 7.85. The predicted octanol–water partition coefficient (Wildman–Crippen LogP) is 3.43. The van der Waals surface area contributed by atoms with E-state index in [2.05, 4.69) is 25.5 Å². The third-order valence-corrected chi connectivity index (χ3v) is 6.52. The Labute approximate surface area is 180 Å². The van der Waals surface area contributed by atoms with Gasteiger partial charge in [0.2, 0.25) is 5.91 Å². The zero-order chi connectivity index (χ0) is 21.4. The van der Waals surface area contributed by atoms with Crippen molar-refractivity contribution in [2.24, 2.45) is 18.9 Å². The van der Waals surface area contributed by atoms with Gasteiger partial charge in [-0.25, -0.2) is 4.39 Å². The molecule has 1 aliphatic heterocycles. The minimum absolute atomic E-state index is 0.000730. The number of amides is 1. The van der Waals surface area contributed by atoms with Gasteiger partial charge in [-0.3, -0.25) is 14.4 Å². The van der Waals surface area contributed by atoms with Crippen LogP contribution in [0.25, 0.3) is 22.0 Å². The highest BCUT2D eigenvalue weighted by atomic mass is 19.1.